The third-order valence-corrected chi connectivity index (χ3v) is 6.06. The maximum absolute atomic E-state index is 12.6. The molecule has 1 amide bonds. The van der Waals surface area contributed by atoms with E-state index in [2.05, 4.69) is 26.3 Å². The van der Waals surface area contributed by atoms with Crippen molar-refractivity contribution < 1.29 is 4.79 Å². The van der Waals surface area contributed by atoms with Crippen LogP contribution >= 0.6 is 11.6 Å². The van der Waals surface area contributed by atoms with Crippen LogP contribution in [0.3, 0.4) is 0 Å². The van der Waals surface area contributed by atoms with Gasteiger partial charge in [0.15, 0.2) is 0 Å². The summed E-state index contributed by atoms with van der Waals surface area (Å²) in [4.78, 5) is 25.8. The van der Waals surface area contributed by atoms with E-state index in [1.165, 1.54) is 6.42 Å². The fourth-order valence-corrected chi connectivity index (χ4v) is 4.31. The average molecular weight is 414 g/mol. The van der Waals surface area contributed by atoms with Gasteiger partial charge >= 0.3 is 0 Å². The minimum atomic E-state index is 0.0356. The van der Waals surface area contributed by atoms with Gasteiger partial charge in [0.2, 0.25) is 0 Å². The Morgan fingerprint density at radius 3 is 2.59 bits per heavy atom. The first-order chi connectivity index (χ1) is 14.2. The lowest BCUT2D eigenvalue weighted by atomic mass is 10.0. The van der Waals surface area contributed by atoms with E-state index in [-0.39, 0.29) is 5.91 Å². The summed E-state index contributed by atoms with van der Waals surface area (Å²) in [5.74, 6) is 0.707. The van der Waals surface area contributed by atoms with Gasteiger partial charge in [-0.1, -0.05) is 17.7 Å². The summed E-state index contributed by atoms with van der Waals surface area (Å²) in [5, 5.41) is 3.99. The van der Waals surface area contributed by atoms with Crippen LogP contribution in [0, 0.1) is 0 Å². The Hall–Kier alpha value is -2.18. The highest BCUT2D eigenvalue weighted by molar-refractivity contribution is 6.33. The van der Waals surface area contributed by atoms with Gasteiger partial charge in [-0.3, -0.25) is 14.7 Å². The molecular formula is C22H28ClN5O. The second-order valence-electron chi connectivity index (χ2n) is 7.92. The SMILES string of the molecule is O=C(c1cnc(NC2CCN(Cc3ccccn3)CC2)c(Cl)c1)N1CCCCC1. The topological polar surface area (TPSA) is 61.4 Å². The molecule has 2 saturated heterocycles. The fraction of sp³-hybridized carbons (Fsp3) is 0.500. The minimum absolute atomic E-state index is 0.0356. The molecular weight excluding hydrogens is 386 g/mol. The van der Waals surface area contributed by atoms with Crippen LogP contribution in [0.25, 0.3) is 0 Å². The molecule has 2 aromatic rings. The molecule has 0 bridgehead atoms. The van der Waals surface area contributed by atoms with Crippen molar-refractivity contribution in [2.24, 2.45) is 0 Å². The molecule has 0 radical (unpaired) electrons. The third-order valence-electron chi connectivity index (χ3n) is 5.77. The van der Waals surface area contributed by atoms with Gasteiger partial charge in [0.25, 0.3) is 5.91 Å². The van der Waals surface area contributed by atoms with Crippen molar-refractivity contribution >= 4 is 23.3 Å². The van der Waals surface area contributed by atoms with Gasteiger partial charge in [-0.05, 0) is 50.3 Å². The Morgan fingerprint density at radius 1 is 1.10 bits per heavy atom. The number of likely N-dealkylation sites (tertiary alicyclic amines) is 2. The van der Waals surface area contributed by atoms with Crippen LogP contribution in [-0.4, -0.2) is 57.9 Å². The molecule has 2 aliphatic heterocycles. The molecule has 0 aromatic carbocycles. The van der Waals surface area contributed by atoms with Crippen molar-refractivity contribution in [2.75, 3.05) is 31.5 Å². The summed E-state index contributed by atoms with van der Waals surface area (Å²) in [6.07, 6.45) is 8.90. The summed E-state index contributed by atoms with van der Waals surface area (Å²) in [7, 11) is 0. The second kappa shape index (κ2) is 9.55. The second-order valence-corrected chi connectivity index (χ2v) is 8.33. The van der Waals surface area contributed by atoms with Gasteiger partial charge in [0.1, 0.15) is 5.82 Å². The highest BCUT2D eigenvalue weighted by atomic mass is 35.5. The van der Waals surface area contributed by atoms with Gasteiger partial charge in [-0.25, -0.2) is 4.98 Å². The maximum Gasteiger partial charge on any atom is 0.255 e. The zero-order valence-electron chi connectivity index (χ0n) is 16.7. The quantitative estimate of drug-likeness (QED) is 0.807. The van der Waals surface area contributed by atoms with Crippen LogP contribution in [0.15, 0.2) is 36.7 Å². The van der Waals surface area contributed by atoms with Crippen LogP contribution in [0.5, 0.6) is 0 Å². The number of carbonyl (C=O) groups excluding carboxylic acids is 1. The summed E-state index contributed by atoms with van der Waals surface area (Å²) in [6, 6.07) is 8.14. The van der Waals surface area contributed by atoms with E-state index in [1.54, 1.807) is 12.3 Å². The highest BCUT2D eigenvalue weighted by Gasteiger charge is 2.22. The fourth-order valence-electron chi connectivity index (χ4n) is 4.09. The zero-order valence-corrected chi connectivity index (χ0v) is 17.4. The van der Waals surface area contributed by atoms with Gasteiger partial charge < -0.3 is 10.2 Å². The lowest BCUT2D eigenvalue weighted by molar-refractivity contribution is 0.0724. The Kier molecular flexibility index (Phi) is 6.62. The smallest absolute Gasteiger partial charge is 0.255 e. The molecule has 0 atom stereocenters. The number of nitrogens with one attached hydrogen (secondary N) is 1. The van der Waals surface area contributed by atoms with E-state index >= 15 is 0 Å². The number of hydrogen-bond donors (Lipinski definition) is 1. The van der Waals surface area contributed by atoms with Crippen molar-refractivity contribution in [3.63, 3.8) is 0 Å². The Labute approximate surface area is 177 Å². The van der Waals surface area contributed by atoms with E-state index in [1.807, 2.05) is 23.2 Å². The molecule has 0 spiro atoms. The summed E-state index contributed by atoms with van der Waals surface area (Å²) >= 11 is 6.45. The van der Waals surface area contributed by atoms with Crippen molar-refractivity contribution in [3.8, 4) is 0 Å². The average Bonchev–Trinajstić information content (AvgIpc) is 2.77. The molecule has 0 unspecified atom stereocenters. The molecule has 4 rings (SSSR count). The van der Waals surface area contributed by atoms with Crippen LogP contribution in [0.4, 0.5) is 5.82 Å². The minimum Gasteiger partial charge on any atom is -0.366 e. The molecule has 2 aromatic heterocycles. The normalized spacial score (nSPS) is 18.6. The maximum atomic E-state index is 12.6. The standard InChI is InChI=1S/C22H28ClN5O/c23-20-14-17(22(29)28-10-4-1-5-11-28)15-25-21(20)26-18-7-12-27(13-8-18)16-19-6-2-3-9-24-19/h2-3,6,9,14-15,18H,1,4-5,7-8,10-13,16H2,(H,25,26). The molecule has 2 fully saturated rings. The summed E-state index contributed by atoms with van der Waals surface area (Å²) in [6.45, 7) is 4.57. The lowest BCUT2D eigenvalue weighted by Gasteiger charge is -2.32. The molecule has 6 nitrogen and oxygen atoms in total. The first-order valence-corrected chi connectivity index (χ1v) is 10.9. The Balaban J connectivity index is 1.30. The number of amides is 1. The predicted octanol–water partition coefficient (Wildman–Crippen LogP) is 3.83. The number of carbonyl (C=O) groups is 1. The van der Waals surface area contributed by atoms with E-state index in [0.717, 1.165) is 64.1 Å². The number of pyridine rings is 2. The third kappa shape index (κ3) is 5.25. The summed E-state index contributed by atoms with van der Waals surface area (Å²) in [5.41, 5.74) is 1.69. The molecule has 0 saturated carbocycles. The molecule has 4 heterocycles. The van der Waals surface area contributed by atoms with E-state index in [9.17, 15) is 4.79 Å². The van der Waals surface area contributed by atoms with Gasteiger partial charge in [-0.15, -0.1) is 0 Å². The Morgan fingerprint density at radius 2 is 1.90 bits per heavy atom. The lowest BCUT2D eigenvalue weighted by Crippen LogP contribution is -2.39. The van der Waals surface area contributed by atoms with E-state index in [0.29, 0.717) is 22.4 Å². The van der Waals surface area contributed by atoms with Gasteiger partial charge in [-0.2, -0.15) is 0 Å². The molecule has 0 aliphatic carbocycles. The van der Waals surface area contributed by atoms with Crippen LogP contribution in [-0.2, 0) is 6.54 Å². The predicted molar refractivity (Wildman–Crippen MR) is 115 cm³/mol. The van der Waals surface area contributed by atoms with E-state index < -0.39 is 0 Å². The van der Waals surface area contributed by atoms with Crippen LogP contribution in [0.1, 0.15) is 48.2 Å². The molecule has 154 valence electrons. The van der Waals surface area contributed by atoms with Crippen molar-refractivity contribution in [3.05, 3.63) is 52.9 Å². The monoisotopic (exact) mass is 413 g/mol. The number of aromatic nitrogens is 2. The van der Waals surface area contributed by atoms with Crippen LogP contribution in [0.2, 0.25) is 5.02 Å². The Bertz CT molecular complexity index is 817. The zero-order chi connectivity index (χ0) is 20.1. The van der Waals surface area contributed by atoms with Gasteiger partial charge in [0, 0.05) is 51.2 Å². The first-order valence-electron chi connectivity index (χ1n) is 10.5. The molecule has 29 heavy (non-hydrogen) atoms. The van der Waals surface area contributed by atoms with Crippen molar-refractivity contribution in [2.45, 2.75) is 44.7 Å². The number of hydrogen-bond acceptors (Lipinski definition) is 5. The molecule has 7 heteroatoms. The highest BCUT2D eigenvalue weighted by Crippen LogP contribution is 2.25. The number of halogens is 1. The van der Waals surface area contributed by atoms with E-state index in [4.69, 9.17) is 11.6 Å². The molecule has 1 N–H and O–H groups in total. The van der Waals surface area contributed by atoms with Crippen LogP contribution < -0.4 is 5.32 Å². The van der Waals surface area contributed by atoms with Crippen molar-refractivity contribution in [1.82, 2.24) is 19.8 Å². The van der Waals surface area contributed by atoms with Gasteiger partial charge in [0.05, 0.1) is 16.3 Å². The molecule has 2 aliphatic rings. The summed E-state index contributed by atoms with van der Waals surface area (Å²) < 4.78 is 0. The van der Waals surface area contributed by atoms with Crippen molar-refractivity contribution in [1.29, 1.82) is 0 Å². The number of anilines is 1. The number of rotatable bonds is 5. The number of nitrogens with zero attached hydrogens (tertiary/aromatic N) is 4. The largest absolute Gasteiger partial charge is 0.366 e. The first kappa shape index (κ1) is 20.1. The number of piperidine rings is 2.